The van der Waals surface area contributed by atoms with Gasteiger partial charge in [0.05, 0.1) is 10.6 Å². The molecule has 1 aliphatic rings. The average molecular weight is 295 g/mol. The summed E-state index contributed by atoms with van der Waals surface area (Å²) < 4.78 is 22.6. The van der Waals surface area contributed by atoms with Crippen molar-refractivity contribution >= 4 is 27.5 Å². The molecule has 110 valence electrons. The minimum absolute atomic E-state index is 0.343. The maximum Gasteiger partial charge on any atom is 0.175 e. The Morgan fingerprint density at radius 3 is 2.40 bits per heavy atom. The largest absolute Gasteiger partial charge is 0.300 e. The van der Waals surface area contributed by atoms with Gasteiger partial charge in [0.15, 0.2) is 9.84 Å². The molecule has 0 saturated carbocycles. The Kier molecular flexibility index (Phi) is 6.07. The molecule has 0 saturated heterocycles. The van der Waals surface area contributed by atoms with Gasteiger partial charge in [-0.3, -0.25) is 9.79 Å². The summed E-state index contributed by atoms with van der Waals surface area (Å²) in [4.78, 5) is 14.8. The number of carbonyl (C=O) groups is 1. The molecule has 0 radical (unpaired) electrons. The highest BCUT2D eigenvalue weighted by Gasteiger charge is 2.11. The van der Waals surface area contributed by atoms with Crippen molar-refractivity contribution in [2.24, 2.45) is 4.99 Å². The number of fused-ring (bicyclic) bond motifs is 1. The third-order valence-electron chi connectivity index (χ3n) is 3.04. The van der Waals surface area contributed by atoms with Crippen molar-refractivity contribution in [2.75, 3.05) is 6.26 Å². The highest BCUT2D eigenvalue weighted by molar-refractivity contribution is 7.90. The fourth-order valence-electron chi connectivity index (χ4n) is 1.75. The standard InChI is InChI=1S/C10H11NO2S.C5H10O/c1-14(12,13)9-4-5-10-8(7-9)3-2-6-11-10;1-3-5(6)4-2/h4-7H,2-3H2,1H3;3-4H2,1-2H3. The van der Waals surface area contributed by atoms with E-state index in [1.807, 2.05) is 20.1 Å². The first-order valence-electron chi connectivity index (χ1n) is 6.75. The number of carbonyl (C=O) groups excluding carboxylic acids is 1. The lowest BCUT2D eigenvalue weighted by Crippen LogP contribution is -2.00. The molecule has 0 spiro atoms. The summed E-state index contributed by atoms with van der Waals surface area (Å²) in [6.45, 7) is 3.76. The van der Waals surface area contributed by atoms with Crippen molar-refractivity contribution in [3.63, 3.8) is 0 Å². The van der Waals surface area contributed by atoms with Gasteiger partial charge in [-0.2, -0.15) is 0 Å². The number of rotatable bonds is 3. The maximum absolute atomic E-state index is 11.3. The van der Waals surface area contributed by atoms with Crippen LogP contribution in [0.1, 0.15) is 38.7 Å². The molecule has 1 aromatic rings. The number of aryl methyl sites for hydroxylation is 1. The van der Waals surface area contributed by atoms with Gasteiger partial charge in [0.25, 0.3) is 0 Å². The van der Waals surface area contributed by atoms with Gasteiger partial charge in [0.2, 0.25) is 0 Å². The summed E-state index contributed by atoms with van der Waals surface area (Å²) in [6, 6.07) is 5.10. The summed E-state index contributed by atoms with van der Waals surface area (Å²) in [5.74, 6) is 0.343. The molecule has 0 fully saturated rings. The van der Waals surface area contributed by atoms with Crippen molar-refractivity contribution in [3.05, 3.63) is 23.8 Å². The SMILES string of the molecule is CCC(=O)CC.CS(=O)(=O)c1ccc2c(c1)CCC=N2. The number of aliphatic imine (C=N–C) groups is 1. The van der Waals surface area contributed by atoms with Crippen LogP contribution in [0.3, 0.4) is 0 Å². The van der Waals surface area contributed by atoms with Crippen LogP contribution in [0.5, 0.6) is 0 Å². The molecule has 0 aliphatic carbocycles. The third-order valence-corrected chi connectivity index (χ3v) is 4.15. The molecule has 0 atom stereocenters. The second-order valence-electron chi connectivity index (χ2n) is 4.66. The third kappa shape index (κ3) is 4.89. The summed E-state index contributed by atoms with van der Waals surface area (Å²) in [6.07, 6.45) is 6.23. The van der Waals surface area contributed by atoms with Gasteiger partial charge in [0, 0.05) is 25.3 Å². The zero-order valence-corrected chi connectivity index (χ0v) is 13.0. The number of hydrogen-bond acceptors (Lipinski definition) is 4. The highest BCUT2D eigenvalue weighted by Crippen LogP contribution is 2.26. The van der Waals surface area contributed by atoms with Gasteiger partial charge in [-0.25, -0.2) is 8.42 Å². The predicted molar refractivity (Wildman–Crippen MR) is 81.6 cm³/mol. The van der Waals surface area contributed by atoms with E-state index in [-0.39, 0.29) is 0 Å². The van der Waals surface area contributed by atoms with Crippen LogP contribution in [0.4, 0.5) is 5.69 Å². The Morgan fingerprint density at radius 1 is 1.25 bits per heavy atom. The van der Waals surface area contributed by atoms with E-state index >= 15 is 0 Å². The van der Waals surface area contributed by atoms with E-state index < -0.39 is 9.84 Å². The van der Waals surface area contributed by atoms with Gasteiger partial charge >= 0.3 is 0 Å². The van der Waals surface area contributed by atoms with Crippen LogP contribution in [0.25, 0.3) is 0 Å². The molecule has 1 aromatic carbocycles. The smallest absolute Gasteiger partial charge is 0.175 e. The monoisotopic (exact) mass is 295 g/mol. The molecule has 4 nitrogen and oxygen atoms in total. The van der Waals surface area contributed by atoms with Crippen LogP contribution < -0.4 is 0 Å². The summed E-state index contributed by atoms with van der Waals surface area (Å²) in [7, 11) is -3.09. The van der Waals surface area contributed by atoms with E-state index in [0.717, 1.165) is 24.1 Å². The Balaban J connectivity index is 0.000000286. The van der Waals surface area contributed by atoms with Crippen LogP contribution in [0, 0.1) is 0 Å². The molecule has 0 amide bonds. The van der Waals surface area contributed by atoms with Crippen LogP contribution >= 0.6 is 0 Å². The molecule has 0 aromatic heterocycles. The molecule has 0 bridgehead atoms. The lowest BCUT2D eigenvalue weighted by molar-refractivity contribution is -0.118. The van der Waals surface area contributed by atoms with Crippen molar-refractivity contribution in [3.8, 4) is 0 Å². The topological polar surface area (TPSA) is 63.6 Å². The lowest BCUT2D eigenvalue weighted by Gasteiger charge is -2.10. The Labute approximate surface area is 120 Å². The predicted octanol–water partition coefficient (Wildman–Crippen LogP) is 3.11. The lowest BCUT2D eigenvalue weighted by atomic mass is 10.1. The first-order chi connectivity index (χ1) is 9.38. The second kappa shape index (κ2) is 7.33. The van der Waals surface area contributed by atoms with Gasteiger partial charge in [-0.05, 0) is 36.6 Å². The summed E-state index contributed by atoms with van der Waals surface area (Å²) >= 11 is 0. The number of sulfone groups is 1. The van der Waals surface area contributed by atoms with E-state index in [1.54, 1.807) is 18.2 Å². The van der Waals surface area contributed by atoms with Crippen molar-refractivity contribution in [2.45, 2.75) is 44.4 Å². The molecular formula is C15H21NO3S. The van der Waals surface area contributed by atoms with Crippen LogP contribution in [0.2, 0.25) is 0 Å². The number of Topliss-reactive ketones (excluding diaryl/α,β-unsaturated/α-hetero) is 1. The van der Waals surface area contributed by atoms with E-state index in [1.165, 1.54) is 6.26 Å². The van der Waals surface area contributed by atoms with Crippen LogP contribution in [-0.2, 0) is 21.1 Å². The van der Waals surface area contributed by atoms with Gasteiger partial charge in [-0.15, -0.1) is 0 Å². The van der Waals surface area contributed by atoms with Crippen molar-refractivity contribution < 1.29 is 13.2 Å². The molecule has 0 unspecified atom stereocenters. The fraction of sp³-hybridized carbons (Fsp3) is 0.467. The minimum atomic E-state index is -3.09. The molecule has 0 N–H and O–H groups in total. The molecule has 20 heavy (non-hydrogen) atoms. The van der Waals surface area contributed by atoms with Crippen molar-refractivity contribution in [1.29, 1.82) is 0 Å². The summed E-state index contributed by atoms with van der Waals surface area (Å²) in [5, 5.41) is 0. The summed E-state index contributed by atoms with van der Waals surface area (Å²) in [5.41, 5.74) is 1.92. The van der Waals surface area contributed by atoms with E-state index in [2.05, 4.69) is 4.99 Å². The first-order valence-corrected chi connectivity index (χ1v) is 8.64. The Hall–Kier alpha value is -1.49. The number of ketones is 1. The molecule has 1 aliphatic heterocycles. The zero-order chi connectivity index (χ0) is 15.2. The second-order valence-corrected chi connectivity index (χ2v) is 6.67. The molecular weight excluding hydrogens is 274 g/mol. The first kappa shape index (κ1) is 16.6. The number of benzene rings is 1. The molecule has 2 rings (SSSR count). The highest BCUT2D eigenvalue weighted by atomic mass is 32.2. The van der Waals surface area contributed by atoms with E-state index in [4.69, 9.17) is 0 Å². The average Bonchev–Trinajstić information content (AvgIpc) is 2.45. The number of hydrogen-bond donors (Lipinski definition) is 0. The maximum atomic E-state index is 11.3. The quantitative estimate of drug-likeness (QED) is 0.860. The fourth-order valence-corrected chi connectivity index (χ4v) is 2.42. The van der Waals surface area contributed by atoms with Gasteiger partial charge in [-0.1, -0.05) is 13.8 Å². The molecule has 5 heteroatoms. The van der Waals surface area contributed by atoms with Gasteiger partial charge in [0.1, 0.15) is 5.78 Å². The Morgan fingerprint density at radius 2 is 1.90 bits per heavy atom. The minimum Gasteiger partial charge on any atom is -0.300 e. The van der Waals surface area contributed by atoms with E-state index in [0.29, 0.717) is 23.5 Å². The van der Waals surface area contributed by atoms with Gasteiger partial charge < -0.3 is 0 Å². The van der Waals surface area contributed by atoms with Crippen LogP contribution in [0.15, 0.2) is 28.1 Å². The van der Waals surface area contributed by atoms with E-state index in [9.17, 15) is 13.2 Å². The van der Waals surface area contributed by atoms with Crippen LogP contribution in [-0.4, -0.2) is 26.7 Å². The zero-order valence-electron chi connectivity index (χ0n) is 12.2. The van der Waals surface area contributed by atoms with Crippen molar-refractivity contribution in [1.82, 2.24) is 0 Å². The molecule has 1 heterocycles. The Bertz CT molecular complexity index is 598. The number of nitrogens with zero attached hydrogens (tertiary/aromatic N) is 1. The normalized spacial score (nSPS) is 13.2.